The van der Waals surface area contributed by atoms with E-state index in [2.05, 4.69) is 15.4 Å². The van der Waals surface area contributed by atoms with Crippen LogP contribution in [0, 0.1) is 0 Å². The largest absolute Gasteiger partial charge is 0.354 e. The molecule has 2 rings (SSSR count). The van der Waals surface area contributed by atoms with Crippen LogP contribution in [0.1, 0.15) is 30.6 Å². The molecule has 0 aliphatic heterocycles. The lowest BCUT2D eigenvalue weighted by molar-refractivity contribution is -0.122. The number of carbonyl (C=O) groups excluding carboxylic acids is 2. The zero-order valence-corrected chi connectivity index (χ0v) is 17.1. The van der Waals surface area contributed by atoms with E-state index in [0.717, 1.165) is 6.42 Å². The zero-order valence-electron chi connectivity index (χ0n) is 15.5. The van der Waals surface area contributed by atoms with E-state index in [0.29, 0.717) is 6.54 Å². The van der Waals surface area contributed by atoms with Crippen LogP contribution in [0.25, 0.3) is 0 Å². The van der Waals surface area contributed by atoms with Gasteiger partial charge in [0.15, 0.2) is 0 Å². The quantitative estimate of drug-likeness (QED) is 0.607. The van der Waals surface area contributed by atoms with Crippen molar-refractivity contribution in [2.75, 3.05) is 11.3 Å². The molecule has 0 bridgehead atoms. The van der Waals surface area contributed by atoms with Crippen molar-refractivity contribution in [3.05, 3.63) is 59.1 Å². The van der Waals surface area contributed by atoms with Gasteiger partial charge in [0.05, 0.1) is 15.6 Å². The molecule has 2 amide bonds. The molecular formula is C19H22ClN3O4S. The summed E-state index contributed by atoms with van der Waals surface area (Å²) >= 11 is 5.98. The molecule has 0 aromatic heterocycles. The lowest BCUT2D eigenvalue weighted by Crippen LogP contribution is -2.45. The first kappa shape index (κ1) is 21.7. The minimum absolute atomic E-state index is 0.0160. The maximum absolute atomic E-state index is 12.5. The van der Waals surface area contributed by atoms with Gasteiger partial charge in [-0.2, -0.15) is 0 Å². The molecule has 0 fully saturated rings. The van der Waals surface area contributed by atoms with Crippen LogP contribution in [-0.4, -0.2) is 32.8 Å². The summed E-state index contributed by atoms with van der Waals surface area (Å²) in [5.41, 5.74) is 0.504. The van der Waals surface area contributed by atoms with Crippen molar-refractivity contribution in [1.82, 2.24) is 10.6 Å². The van der Waals surface area contributed by atoms with Gasteiger partial charge >= 0.3 is 0 Å². The molecule has 0 saturated heterocycles. The van der Waals surface area contributed by atoms with Crippen LogP contribution < -0.4 is 15.4 Å². The molecule has 0 radical (unpaired) electrons. The van der Waals surface area contributed by atoms with Gasteiger partial charge in [0, 0.05) is 12.1 Å². The van der Waals surface area contributed by atoms with Crippen LogP contribution in [0.15, 0.2) is 53.4 Å². The van der Waals surface area contributed by atoms with Crippen molar-refractivity contribution in [3.63, 3.8) is 0 Å². The van der Waals surface area contributed by atoms with Crippen molar-refractivity contribution in [3.8, 4) is 0 Å². The maximum Gasteiger partial charge on any atom is 0.261 e. The smallest absolute Gasteiger partial charge is 0.261 e. The minimum Gasteiger partial charge on any atom is -0.354 e. The summed E-state index contributed by atoms with van der Waals surface area (Å²) in [7, 11) is -3.86. The number of benzene rings is 2. The molecule has 0 unspecified atom stereocenters. The number of anilines is 1. The van der Waals surface area contributed by atoms with E-state index in [1.807, 2.05) is 6.92 Å². The molecule has 0 heterocycles. The molecule has 0 saturated carbocycles. The lowest BCUT2D eigenvalue weighted by Gasteiger charge is -2.14. The van der Waals surface area contributed by atoms with E-state index in [1.165, 1.54) is 24.3 Å². The fraction of sp³-hybridized carbons (Fsp3) is 0.263. The van der Waals surface area contributed by atoms with Crippen LogP contribution in [0.2, 0.25) is 5.02 Å². The number of para-hydroxylation sites is 1. The standard InChI is InChI=1S/C19H22ClN3O4S/c1-3-12-21-18(24)13(2)22-19(25)14-8-10-15(11-9-14)28(26,27)23-17-7-5-4-6-16(17)20/h4-11,13,23H,3,12H2,1-2H3,(H,21,24)(H,22,25)/t13-/m0/s1. The first-order valence-electron chi connectivity index (χ1n) is 8.70. The highest BCUT2D eigenvalue weighted by Crippen LogP contribution is 2.24. The summed E-state index contributed by atoms with van der Waals surface area (Å²) in [5, 5.41) is 5.55. The summed E-state index contributed by atoms with van der Waals surface area (Å²) in [5.74, 6) is -0.750. The number of halogens is 1. The summed E-state index contributed by atoms with van der Waals surface area (Å²) in [4.78, 5) is 24.1. The van der Waals surface area contributed by atoms with E-state index in [-0.39, 0.29) is 27.1 Å². The van der Waals surface area contributed by atoms with E-state index in [9.17, 15) is 18.0 Å². The number of rotatable bonds is 8. The molecule has 2 aromatic carbocycles. The van der Waals surface area contributed by atoms with E-state index in [1.54, 1.807) is 31.2 Å². The van der Waals surface area contributed by atoms with E-state index in [4.69, 9.17) is 11.6 Å². The molecule has 9 heteroatoms. The van der Waals surface area contributed by atoms with Crippen LogP contribution in [0.4, 0.5) is 5.69 Å². The molecule has 7 nitrogen and oxygen atoms in total. The predicted octanol–water partition coefficient (Wildman–Crippen LogP) is 2.79. The zero-order chi connectivity index (χ0) is 20.7. The highest BCUT2D eigenvalue weighted by atomic mass is 35.5. The third-order valence-corrected chi connectivity index (χ3v) is 5.55. The van der Waals surface area contributed by atoms with Gasteiger partial charge in [-0.15, -0.1) is 0 Å². The maximum atomic E-state index is 12.5. The van der Waals surface area contributed by atoms with Crippen molar-refractivity contribution >= 4 is 39.1 Å². The molecule has 3 N–H and O–H groups in total. The normalized spacial score (nSPS) is 12.1. The molecule has 0 aliphatic carbocycles. The van der Waals surface area contributed by atoms with Gasteiger partial charge in [-0.1, -0.05) is 30.7 Å². The predicted molar refractivity (Wildman–Crippen MR) is 109 cm³/mol. The van der Waals surface area contributed by atoms with Gasteiger partial charge in [0.1, 0.15) is 6.04 Å². The average Bonchev–Trinajstić information content (AvgIpc) is 2.67. The summed E-state index contributed by atoms with van der Waals surface area (Å²) in [6.07, 6.45) is 0.796. The van der Waals surface area contributed by atoms with Crippen molar-refractivity contribution in [2.45, 2.75) is 31.2 Å². The number of nitrogens with one attached hydrogen (secondary N) is 3. The number of hydrogen-bond donors (Lipinski definition) is 3. The summed E-state index contributed by atoms with van der Waals surface area (Å²) in [6.45, 7) is 4.04. The number of carbonyl (C=O) groups is 2. The fourth-order valence-corrected chi connectivity index (χ4v) is 3.60. The average molecular weight is 424 g/mol. The van der Waals surface area contributed by atoms with Gasteiger partial charge in [0.2, 0.25) is 5.91 Å². The lowest BCUT2D eigenvalue weighted by atomic mass is 10.2. The Balaban J connectivity index is 2.07. The third-order valence-electron chi connectivity index (χ3n) is 3.84. The second kappa shape index (κ2) is 9.57. The van der Waals surface area contributed by atoms with E-state index < -0.39 is 22.0 Å². The van der Waals surface area contributed by atoms with Gasteiger partial charge in [-0.25, -0.2) is 8.42 Å². The highest BCUT2D eigenvalue weighted by molar-refractivity contribution is 7.92. The minimum atomic E-state index is -3.86. The highest BCUT2D eigenvalue weighted by Gasteiger charge is 2.18. The Kier molecular flexibility index (Phi) is 7.42. The van der Waals surface area contributed by atoms with Crippen molar-refractivity contribution in [1.29, 1.82) is 0 Å². The molecule has 0 spiro atoms. The third kappa shape index (κ3) is 5.71. The fourth-order valence-electron chi connectivity index (χ4n) is 2.28. The van der Waals surface area contributed by atoms with E-state index >= 15 is 0 Å². The second-order valence-corrected chi connectivity index (χ2v) is 8.19. The molecule has 2 aromatic rings. The Morgan fingerprint density at radius 2 is 1.71 bits per heavy atom. The molecular weight excluding hydrogens is 402 g/mol. The number of hydrogen-bond acceptors (Lipinski definition) is 4. The topological polar surface area (TPSA) is 104 Å². The first-order valence-corrected chi connectivity index (χ1v) is 10.6. The Bertz CT molecular complexity index is 946. The van der Waals surface area contributed by atoms with Gasteiger partial charge in [0.25, 0.3) is 15.9 Å². The van der Waals surface area contributed by atoms with Crippen molar-refractivity contribution in [2.24, 2.45) is 0 Å². The SMILES string of the molecule is CCCNC(=O)[C@H](C)NC(=O)c1ccc(S(=O)(=O)Nc2ccccc2Cl)cc1. The van der Waals surface area contributed by atoms with Crippen LogP contribution in [-0.2, 0) is 14.8 Å². The monoisotopic (exact) mass is 423 g/mol. The second-order valence-electron chi connectivity index (χ2n) is 6.10. The van der Waals surface area contributed by atoms with Gasteiger partial charge in [-0.3, -0.25) is 14.3 Å². The van der Waals surface area contributed by atoms with Crippen molar-refractivity contribution < 1.29 is 18.0 Å². The summed E-state index contributed by atoms with van der Waals surface area (Å²) < 4.78 is 27.4. The number of amides is 2. The first-order chi connectivity index (χ1) is 13.2. The number of sulfonamides is 1. The molecule has 150 valence electrons. The Hall–Kier alpha value is -2.58. The molecule has 0 aliphatic rings. The van der Waals surface area contributed by atoms with Crippen LogP contribution in [0.5, 0.6) is 0 Å². The Morgan fingerprint density at radius 3 is 2.32 bits per heavy atom. The molecule has 1 atom stereocenters. The van der Waals surface area contributed by atoms with Crippen LogP contribution in [0.3, 0.4) is 0 Å². The van der Waals surface area contributed by atoms with Crippen LogP contribution >= 0.6 is 11.6 Å². The molecule has 28 heavy (non-hydrogen) atoms. The Morgan fingerprint density at radius 1 is 1.07 bits per heavy atom. The van der Waals surface area contributed by atoms with Gasteiger partial charge < -0.3 is 10.6 Å². The van der Waals surface area contributed by atoms with Gasteiger partial charge in [-0.05, 0) is 49.7 Å². The Labute approximate surface area is 169 Å². The summed E-state index contributed by atoms with van der Waals surface area (Å²) in [6, 6.07) is 11.2.